The molecule has 27 heavy (non-hydrogen) atoms. The zero-order valence-electron chi connectivity index (χ0n) is 14.9. The highest BCUT2D eigenvalue weighted by molar-refractivity contribution is 7.99. The first-order valence-corrected chi connectivity index (χ1v) is 10.3. The monoisotopic (exact) mass is 396 g/mol. The van der Waals surface area contributed by atoms with Crippen LogP contribution in [0.5, 0.6) is 0 Å². The lowest BCUT2D eigenvalue weighted by Crippen LogP contribution is -2.16. The number of carbonyl (C=O) groups excluding carboxylic acids is 2. The minimum atomic E-state index is -0.544. The van der Waals surface area contributed by atoms with Gasteiger partial charge in [-0.15, -0.1) is 23.1 Å². The van der Waals surface area contributed by atoms with Crippen LogP contribution in [0, 0.1) is 6.92 Å². The van der Waals surface area contributed by atoms with Crippen molar-refractivity contribution in [2.45, 2.75) is 18.2 Å². The first-order chi connectivity index (χ1) is 13.0. The minimum Gasteiger partial charge on any atom is -0.366 e. The first kappa shape index (κ1) is 19.2. The van der Waals surface area contributed by atoms with E-state index in [2.05, 4.69) is 29.6 Å². The lowest BCUT2D eigenvalue weighted by molar-refractivity contribution is -0.115. The summed E-state index contributed by atoms with van der Waals surface area (Å²) in [6.07, 6.45) is 0.356. The van der Waals surface area contributed by atoms with Gasteiger partial charge in [0, 0.05) is 21.9 Å². The topological polar surface area (TPSA) is 72.2 Å². The van der Waals surface area contributed by atoms with Gasteiger partial charge in [0.2, 0.25) is 5.91 Å². The molecule has 0 atom stereocenters. The minimum absolute atomic E-state index is 0.126. The molecule has 3 rings (SSSR count). The van der Waals surface area contributed by atoms with Gasteiger partial charge in [0.15, 0.2) is 0 Å². The quantitative estimate of drug-likeness (QED) is 0.556. The summed E-state index contributed by atoms with van der Waals surface area (Å²) < 4.78 is 0. The second-order valence-corrected chi connectivity index (χ2v) is 8.26. The SMILES string of the molecule is Cc1ccc(SCCC(=O)Nc2sc(-c3ccccc3)cc2C(N)=O)cc1. The van der Waals surface area contributed by atoms with E-state index in [1.165, 1.54) is 16.9 Å². The van der Waals surface area contributed by atoms with Crippen LogP contribution in [0.1, 0.15) is 22.3 Å². The van der Waals surface area contributed by atoms with Crippen LogP contribution >= 0.6 is 23.1 Å². The molecule has 0 aliphatic heterocycles. The fourth-order valence-electron chi connectivity index (χ4n) is 2.50. The number of rotatable bonds is 7. The Labute approximate surface area is 166 Å². The van der Waals surface area contributed by atoms with Crippen LogP contribution in [0.15, 0.2) is 65.6 Å². The molecule has 6 heteroatoms. The van der Waals surface area contributed by atoms with Crippen molar-refractivity contribution in [3.8, 4) is 10.4 Å². The molecule has 0 saturated carbocycles. The lowest BCUT2D eigenvalue weighted by atomic mass is 10.1. The third-order valence-corrected chi connectivity index (χ3v) is 6.04. The number of anilines is 1. The van der Waals surface area contributed by atoms with Gasteiger partial charge in [0.25, 0.3) is 5.91 Å². The third kappa shape index (κ3) is 5.21. The molecule has 3 N–H and O–H groups in total. The van der Waals surface area contributed by atoms with Crippen LogP contribution in [0.2, 0.25) is 0 Å². The van der Waals surface area contributed by atoms with E-state index in [0.717, 1.165) is 15.3 Å². The second kappa shape index (κ2) is 8.88. The van der Waals surface area contributed by atoms with Gasteiger partial charge >= 0.3 is 0 Å². The van der Waals surface area contributed by atoms with E-state index in [1.54, 1.807) is 17.8 Å². The lowest BCUT2D eigenvalue weighted by Gasteiger charge is -2.05. The number of primary amides is 1. The van der Waals surface area contributed by atoms with Crippen molar-refractivity contribution in [2.24, 2.45) is 5.73 Å². The van der Waals surface area contributed by atoms with Gasteiger partial charge in [-0.25, -0.2) is 0 Å². The molecule has 0 unspecified atom stereocenters. The summed E-state index contributed by atoms with van der Waals surface area (Å²) >= 11 is 2.99. The number of nitrogens with one attached hydrogen (secondary N) is 1. The predicted molar refractivity (Wildman–Crippen MR) is 113 cm³/mol. The van der Waals surface area contributed by atoms with Gasteiger partial charge in [-0.2, -0.15) is 0 Å². The maximum atomic E-state index is 12.3. The number of hydrogen-bond acceptors (Lipinski definition) is 4. The summed E-state index contributed by atoms with van der Waals surface area (Å²) in [5.74, 6) is -0.00566. The normalized spacial score (nSPS) is 10.6. The molecule has 1 heterocycles. The van der Waals surface area contributed by atoms with Crippen molar-refractivity contribution in [3.05, 3.63) is 71.8 Å². The van der Waals surface area contributed by atoms with Gasteiger partial charge in [0.1, 0.15) is 5.00 Å². The molecular formula is C21H20N2O2S2. The van der Waals surface area contributed by atoms with Crippen LogP contribution in [0.4, 0.5) is 5.00 Å². The third-order valence-electron chi connectivity index (χ3n) is 3.93. The van der Waals surface area contributed by atoms with Gasteiger partial charge in [-0.05, 0) is 30.7 Å². The van der Waals surface area contributed by atoms with Crippen molar-refractivity contribution in [2.75, 3.05) is 11.1 Å². The Kier molecular flexibility index (Phi) is 6.32. The number of thiophene rings is 1. The summed E-state index contributed by atoms with van der Waals surface area (Å²) in [5.41, 5.74) is 8.03. The molecular weight excluding hydrogens is 376 g/mol. The number of nitrogens with two attached hydrogens (primary N) is 1. The maximum Gasteiger partial charge on any atom is 0.251 e. The van der Waals surface area contributed by atoms with E-state index in [-0.39, 0.29) is 5.91 Å². The second-order valence-electron chi connectivity index (χ2n) is 6.04. The highest BCUT2D eigenvalue weighted by Gasteiger charge is 2.16. The van der Waals surface area contributed by atoms with E-state index in [1.807, 2.05) is 37.3 Å². The van der Waals surface area contributed by atoms with Crippen LogP contribution in [0.3, 0.4) is 0 Å². The maximum absolute atomic E-state index is 12.3. The molecule has 0 fully saturated rings. The molecule has 0 bridgehead atoms. The Morgan fingerprint density at radius 1 is 1.07 bits per heavy atom. The summed E-state index contributed by atoms with van der Waals surface area (Å²) in [7, 11) is 0. The van der Waals surface area contributed by atoms with Gasteiger partial charge in [-0.3, -0.25) is 9.59 Å². The Balaban J connectivity index is 1.63. The highest BCUT2D eigenvalue weighted by Crippen LogP contribution is 2.35. The van der Waals surface area contributed by atoms with Crippen LogP contribution < -0.4 is 11.1 Å². The first-order valence-electron chi connectivity index (χ1n) is 8.51. The molecule has 0 aliphatic rings. The smallest absolute Gasteiger partial charge is 0.251 e. The van der Waals surface area contributed by atoms with E-state index >= 15 is 0 Å². The molecule has 3 aromatic rings. The van der Waals surface area contributed by atoms with Gasteiger partial charge in [-0.1, -0.05) is 48.0 Å². The average Bonchev–Trinajstić information content (AvgIpc) is 3.08. The molecule has 0 spiro atoms. The Morgan fingerprint density at radius 3 is 2.44 bits per heavy atom. The van der Waals surface area contributed by atoms with E-state index < -0.39 is 5.91 Å². The predicted octanol–water partition coefficient (Wildman–Crippen LogP) is 4.94. The molecule has 1 aromatic heterocycles. The van der Waals surface area contributed by atoms with Gasteiger partial charge < -0.3 is 11.1 Å². The van der Waals surface area contributed by atoms with Gasteiger partial charge in [0.05, 0.1) is 5.56 Å². The summed E-state index contributed by atoms with van der Waals surface area (Å²) in [4.78, 5) is 26.1. The fourth-order valence-corrected chi connectivity index (χ4v) is 4.43. The van der Waals surface area contributed by atoms with Crippen molar-refractivity contribution in [1.29, 1.82) is 0 Å². The highest BCUT2D eigenvalue weighted by atomic mass is 32.2. The molecule has 0 aliphatic carbocycles. The summed E-state index contributed by atoms with van der Waals surface area (Å²) in [6.45, 7) is 2.04. The number of hydrogen-bond donors (Lipinski definition) is 2. The molecule has 4 nitrogen and oxygen atoms in total. The van der Waals surface area contributed by atoms with E-state index in [0.29, 0.717) is 22.7 Å². The largest absolute Gasteiger partial charge is 0.366 e. The number of benzene rings is 2. The standard InChI is InChI=1S/C21H20N2O2S2/c1-14-7-9-16(10-8-14)26-12-11-19(24)23-21-17(20(22)25)13-18(27-21)15-5-3-2-4-6-15/h2-10,13H,11-12H2,1H3,(H2,22,25)(H,23,24). The molecule has 138 valence electrons. The Bertz CT molecular complexity index is 935. The Morgan fingerprint density at radius 2 is 1.78 bits per heavy atom. The fraction of sp³-hybridized carbons (Fsp3) is 0.143. The Hall–Kier alpha value is -2.57. The zero-order chi connectivity index (χ0) is 19.2. The van der Waals surface area contributed by atoms with Crippen LogP contribution in [0.25, 0.3) is 10.4 Å². The molecule has 0 saturated heterocycles. The van der Waals surface area contributed by atoms with E-state index in [4.69, 9.17) is 5.73 Å². The zero-order valence-corrected chi connectivity index (χ0v) is 16.5. The number of thioether (sulfide) groups is 1. The number of amides is 2. The van der Waals surface area contributed by atoms with Crippen molar-refractivity contribution in [1.82, 2.24) is 0 Å². The summed E-state index contributed by atoms with van der Waals surface area (Å²) in [6, 6.07) is 19.7. The van der Waals surface area contributed by atoms with E-state index in [9.17, 15) is 9.59 Å². The molecule has 0 radical (unpaired) electrons. The average molecular weight is 397 g/mol. The van der Waals surface area contributed by atoms with Crippen LogP contribution in [-0.4, -0.2) is 17.6 Å². The van der Waals surface area contributed by atoms with Crippen molar-refractivity contribution < 1.29 is 9.59 Å². The van der Waals surface area contributed by atoms with Crippen LogP contribution in [-0.2, 0) is 4.79 Å². The summed E-state index contributed by atoms with van der Waals surface area (Å²) in [5, 5.41) is 3.35. The number of aryl methyl sites for hydroxylation is 1. The van der Waals surface area contributed by atoms with Crippen molar-refractivity contribution in [3.63, 3.8) is 0 Å². The molecule has 2 aromatic carbocycles. The van der Waals surface area contributed by atoms with Crippen molar-refractivity contribution >= 4 is 39.9 Å². The molecule has 2 amide bonds. The number of carbonyl (C=O) groups is 2.